The second-order valence-corrected chi connectivity index (χ2v) is 8.27. The van der Waals surface area contributed by atoms with Gasteiger partial charge in [0.25, 0.3) is 0 Å². The van der Waals surface area contributed by atoms with Crippen LogP contribution in [0.1, 0.15) is 19.4 Å². The number of carbonyl (C=O) groups excluding carboxylic acids is 1. The van der Waals surface area contributed by atoms with Crippen LogP contribution in [0.5, 0.6) is 5.75 Å². The Morgan fingerprint density at radius 2 is 1.95 bits per heavy atom. The number of methoxy groups -OCH3 is 1. The highest BCUT2D eigenvalue weighted by atomic mass is 79.9. The number of rotatable bonds is 5. The van der Waals surface area contributed by atoms with Gasteiger partial charge in [-0.3, -0.25) is 4.79 Å². The number of hydrogen-bond acceptors (Lipinski definition) is 4. The molecule has 0 aliphatic rings. The minimum atomic E-state index is -3.43. The molecule has 0 N–H and O–H groups in total. The van der Waals surface area contributed by atoms with Crippen LogP contribution in [0.15, 0.2) is 22.7 Å². The molecule has 1 aromatic carbocycles. The van der Waals surface area contributed by atoms with E-state index in [2.05, 4.69) is 15.9 Å². The van der Waals surface area contributed by atoms with Crippen molar-refractivity contribution in [2.45, 2.75) is 25.0 Å². The van der Waals surface area contributed by atoms with Gasteiger partial charge < -0.3 is 4.74 Å². The van der Waals surface area contributed by atoms with Gasteiger partial charge in [-0.1, -0.05) is 6.07 Å². The summed E-state index contributed by atoms with van der Waals surface area (Å²) in [5, 5.41) is 0. The average molecular weight is 349 g/mol. The third-order valence-corrected chi connectivity index (χ3v) is 5.88. The van der Waals surface area contributed by atoms with Gasteiger partial charge in [-0.25, -0.2) is 8.42 Å². The van der Waals surface area contributed by atoms with Crippen LogP contribution in [0, 0.1) is 0 Å². The van der Waals surface area contributed by atoms with E-state index in [0.717, 1.165) is 16.3 Å². The Labute approximate surface area is 122 Å². The van der Waals surface area contributed by atoms with Crippen molar-refractivity contribution in [3.05, 3.63) is 28.2 Å². The van der Waals surface area contributed by atoms with E-state index < -0.39 is 14.6 Å². The molecular formula is C13H17BrO4S. The average Bonchev–Trinajstić information content (AvgIpc) is 2.27. The highest BCUT2D eigenvalue weighted by molar-refractivity contribution is 9.10. The van der Waals surface area contributed by atoms with Crippen LogP contribution < -0.4 is 4.74 Å². The molecule has 0 fully saturated rings. The second kappa shape index (κ2) is 5.63. The molecule has 0 aliphatic heterocycles. The van der Waals surface area contributed by atoms with E-state index in [9.17, 15) is 13.2 Å². The Morgan fingerprint density at radius 3 is 2.37 bits per heavy atom. The fourth-order valence-electron chi connectivity index (χ4n) is 1.42. The number of sulfone groups is 1. The maximum Gasteiger partial charge on any atom is 0.159 e. The molecule has 1 aromatic rings. The lowest BCUT2D eigenvalue weighted by atomic mass is 10.0. The number of ketones is 1. The zero-order chi connectivity index (χ0) is 14.8. The number of carbonyl (C=O) groups is 1. The van der Waals surface area contributed by atoms with E-state index in [-0.39, 0.29) is 12.2 Å². The first kappa shape index (κ1) is 16.2. The van der Waals surface area contributed by atoms with Gasteiger partial charge in [0.1, 0.15) is 10.5 Å². The number of halogens is 1. The number of benzene rings is 1. The standard InChI is InChI=1S/C13H17BrO4S/c1-13(2,19(4,16)17)12(15)8-9-5-6-11(18-3)10(14)7-9/h5-7H,8H2,1-4H3. The highest BCUT2D eigenvalue weighted by Gasteiger charge is 2.37. The monoisotopic (exact) mass is 348 g/mol. The Bertz CT molecular complexity index is 591. The van der Waals surface area contributed by atoms with Gasteiger partial charge in [0.15, 0.2) is 15.6 Å². The minimum Gasteiger partial charge on any atom is -0.496 e. The van der Waals surface area contributed by atoms with Crippen LogP contribution in [0.4, 0.5) is 0 Å². The van der Waals surface area contributed by atoms with E-state index in [4.69, 9.17) is 4.74 Å². The van der Waals surface area contributed by atoms with Gasteiger partial charge in [0.05, 0.1) is 11.6 Å². The second-order valence-electron chi connectivity index (χ2n) is 4.85. The van der Waals surface area contributed by atoms with Gasteiger partial charge in [0, 0.05) is 12.7 Å². The van der Waals surface area contributed by atoms with Crippen LogP contribution in [0.25, 0.3) is 0 Å². The number of ether oxygens (including phenoxy) is 1. The van der Waals surface area contributed by atoms with Crippen LogP contribution in [-0.4, -0.2) is 32.3 Å². The summed E-state index contributed by atoms with van der Waals surface area (Å²) in [5.74, 6) is 0.339. The molecule has 106 valence electrons. The molecule has 0 spiro atoms. The Balaban J connectivity index is 2.98. The Hall–Kier alpha value is -0.880. The van der Waals surface area contributed by atoms with Gasteiger partial charge in [-0.15, -0.1) is 0 Å². The molecule has 19 heavy (non-hydrogen) atoms. The maximum atomic E-state index is 12.1. The fraction of sp³-hybridized carbons (Fsp3) is 0.462. The van der Waals surface area contributed by atoms with E-state index >= 15 is 0 Å². The molecule has 4 nitrogen and oxygen atoms in total. The quantitative estimate of drug-likeness (QED) is 0.819. The first-order valence-corrected chi connectivity index (χ1v) is 8.33. The number of hydrogen-bond donors (Lipinski definition) is 0. The van der Waals surface area contributed by atoms with Crippen molar-refractivity contribution in [3.8, 4) is 5.75 Å². The third kappa shape index (κ3) is 3.57. The van der Waals surface area contributed by atoms with Crippen molar-refractivity contribution in [2.75, 3.05) is 13.4 Å². The van der Waals surface area contributed by atoms with Gasteiger partial charge in [-0.2, -0.15) is 0 Å². The lowest BCUT2D eigenvalue weighted by molar-refractivity contribution is -0.120. The first-order chi connectivity index (χ1) is 8.59. The van der Waals surface area contributed by atoms with Crippen molar-refractivity contribution in [1.29, 1.82) is 0 Å². The largest absolute Gasteiger partial charge is 0.496 e. The molecule has 6 heteroatoms. The molecule has 0 unspecified atom stereocenters. The first-order valence-electron chi connectivity index (χ1n) is 5.65. The van der Waals surface area contributed by atoms with Crippen LogP contribution in [0.3, 0.4) is 0 Å². The summed E-state index contributed by atoms with van der Waals surface area (Å²) < 4.78 is 27.7. The lowest BCUT2D eigenvalue weighted by Gasteiger charge is -2.20. The summed E-state index contributed by atoms with van der Waals surface area (Å²) >= 11 is 3.33. The Kier molecular flexibility index (Phi) is 4.79. The summed E-state index contributed by atoms with van der Waals surface area (Å²) in [7, 11) is -1.88. The summed E-state index contributed by atoms with van der Waals surface area (Å²) in [6.07, 6.45) is 1.15. The number of Topliss-reactive ketones (excluding diaryl/α,β-unsaturated/α-hetero) is 1. The van der Waals surface area contributed by atoms with E-state index in [1.165, 1.54) is 13.8 Å². The van der Waals surface area contributed by atoms with Crippen LogP contribution in [0.2, 0.25) is 0 Å². The summed E-state index contributed by atoms with van der Waals surface area (Å²) in [6, 6.07) is 5.25. The maximum absolute atomic E-state index is 12.1. The predicted molar refractivity (Wildman–Crippen MR) is 78.3 cm³/mol. The molecule has 0 radical (unpaired) electrons. The molecule has 1 rings (SSSR count). The molecule has 0 amide bonds. The lowest BCUT2D eigenvalue weighted by Crippen LogP contribution is -2.40. The van der Waals surface area contributed by atoms with E-state index in [1.807, 2.05) is 0 Å². The van der Waals surface area contributed by atoms with Gasteiger partial charge in [0.2, 0.25) is 0 Å². The van der Waals surface area contributed by atoms with Crippen molar-refractivity contribution in [2.24, 2.45) is 0 Å². The van der Waals surface area contributed by atoms with Crippen LogP contribution >= 0.6 is 15.9 Å². The smallest absolute Gasteiger partial charge is 0.159 e. The predicted octanol–water partition coefficient (Wildman–Crippen LogP) is 2.39. The molecule has 0 aromatic heterocycles. The fourth-order valence-corrected chi connectivity index (χ4v) is 2.50. The molecular weight excluding hydrogens is 332 g/mol. The van der Waals surface area contributed by atoms with Crippen molar-refractivity contribution in [3.63, 3.8) is 0 Å². The summed E-state index contributed by atoms with van der Waals surface area (Å²) in [6.45, 7) is 2.87. The highest BCUT2D eigenvalue weighted by Crippen LogP contribution is 2.27. The summed E-state index contributed by atoms with van der Waals surface area (Å²) in [4.78, 5) is 12.1. The Morgan fingerprint density at radius 1 is 1.37 bits per heavy atom. The van der Waals surface area contributed by atoms with E-state index in [0.29, 0.717) is 5.75 Å². The van der Waals surface area contributed by atoms with Crippen molar-refractivity contribution in [1.82, 2.24) is 0 Å². The van der Waals surface area contributed by atoms with E-state index in [1.54, 1.807) is 25.3 Å². The SMILES string of the molecule is COc1ccc(CC(=O)C(C)(C)S(C)(=O)=O)cc1Br. The minimum absolute atomic E-state index is 0.0721. The molecule has 0 saturated heterocycles. The molecule has 0 aliphatic carbocycles. The third-order valence-electron chi connectivity index (χ3n) is 3.18. The summed E-state index contributed by atoms with van der Waals surface area (Å²) in [5.41, 5.74) is 0.745. The van der Waals surface area contributed by atoms with Crippen molar-refractivity contribution < 1.29 is 17.9 Å². The molecule has 0 saturated carbocycles. The van der Waals surface area contributed by atoms with Crippen LogP contribution in [-0.2, 0) is 21.1 Å². The molecule has 0 atom stereocenters. The topological polar surface area (TPSA) is 60.4 Å². The zero-order valence-electron chi connectivity index (χ0n) is 11.4. The molecule has 0 bridgehead atoms. The van der Waals surface area contributed by atoms with Gasteiger partial charge in [-0.05, 0) is 47.5 Å². The van der Waals surface area contributed by atoms with Crippen molar-refractivity contribution >= 4 is 31.6 Å². The zero-order valence-corrected chi connectivity index (χ0v) is 13.8. The normalized spacial score (nSPS) is 12.3. The molecule has 0 heterocycles. The van der Waals surface area contributed by atoms with Gasteiger partial charge >= 0.3 is 0 Å².